The minimum Gasteiger partial charge on any atom is -0.444 e. The van der Waals surface area contributed by atoms with Crippen molar-refractivity contribution >= 4 is 28.8 Å². The first-order valence-corrected chi connectivity index (χ1v) is 8.99. The molecule has 3 rings (SSSR count). The van der Waals surface area contributed by atoms with Gasteiger partial charge in [-0.1, -0.05) is 0 Å². The van der Waals surface area contributed by atoms with Crippen molar-refractivity contribution in [3.05, 3.63) is 28.3 Å². The summed E-state index contributed by atoms with van der Waals surface area (Å²) in [6.07, 6.45) is 1.35. The number of fused-ring (bicyclic) bond motifs is 1. The topological polar surface area (TPSA) is 103 Å². The van der Waals surface area contributed by atoms with Crippen LogP contribution in [-0.2, 0) is 11.8 Å². The molecule has 1 aromatic carbocycles. The van der Waals surface area contributed by atoms with Gasteiger partial charge in [-0.15, -0.1) is 0 Å². The van der Waals surface area contributed by atoms with E-state index in [0.29, 0.717) is 12.1 Å². The van der Waals surface area contributed by atoms with Crippen molar-refractivity contribution in [2.45, 2.75) is 45.3 Å². The number of alkyl carbamates (subject to hydrolysis) is 1. The van der Waals surface area contributed by atoms with Crippen molar-refractivity contribution < 1.29 is 14.5 Å². The molecule has 0 unspecified atom stereocenters. The Labute approximate surface area is 157 Å². The van der Waals surface area contributed by atoms with Crippen LogP contribution in [0, 0.1) is 10.1 Å². The van der Waals surface area contributed by atoms with Crippen molar-refractivity contribution in [3.8, 4) is 0 Å². The monoisotopic (exact) mass is 375 g/mol. The molecule has 0 bridgehead atoms. The number of hydrogen-bond donors (Lipinski definition) is 1. The fraction of sp³-hybridized carbons (Fsp3) is 0.556. The van der Waals surface area contributed by atoms with E-state index in [2.05, 4.69) is 15.2 Å². The van der Waals surface area contributed by atoms with Gasteiger partial charge < -0.3 is 19.5 Å². The lowest BCUT2D eigenvalue weighted by Crippen LogP contribution is -2.49. The number of benzene rings is 1. The van der Waals surface area contributed by atoms with Gasteiger partial charge in [-0.05, 0) is 39.7 Å². The van der Waals surface area contributed by atoms with E-state index in [9.17, 15) is 14.9 Å². The zero-order valence-corrected chi connectivity index (χ0v) is 16.1. The Balaban J connectivity index is 1.77. The van der Waals surface area contributed by atoms with Gasteiger partial charge in [0.1, 0.15) is 5.60 Å². The summed E-state index contributed by atoms with van der Waals surface area (Å²) in [5.41, 5.74) is 0.905. The molecule has 0 saturated carbocycles. The Kier molecular flexibility index (Phi) is 4.95. The van der Waals surface area contributed by atoms with Gasteiger partial charge >= 0.3 is 6.09 Å². The second-order valence-electron chi connectivity index (χ2n) is 7.83. The lowest BCUT2D eigenvalue weighted by atomic mass is 10.1. The largest absolute Gasteiger partial charge is 0.444 e. The number of anilines is 1. The molecule has 1 aromatic heterocycles. The molecule has 1 aliphatic heterocycles. The van der Waals surface area contributed by atoms with E-state index in [-0.39, 0.29) is 11.7 Å². The van der Waals surface area contributed by atoms with Crippen LogP contribution < -0.4 is 10.2 Å². The molecule has 1 saturated heterocycles. The number of aromatic nitrogens is 2. The number of non-ortho nitro benzene ring substituents is 1. The number of nitro benzene ring substituents is 1. The number of carbonyl (C=O) groups is 1. The first kappa shape index (κ1) is 18.9. The number of hydrogen-bond acceptors (Lipinski definition) is 6. The van der Waals surface area contributed by atoms with Crippen LogP contribution in [0.3, 0.4) is 0 Å². The van der Waals surface area contributed by atoms with Crippen molar-refractivity contribution in [1.82, 2.24) is 14.9 Å². The average Bonchev–Trinajstić information content (AvgIpc) is 2.89. The molecule has 2 aromatic rings. The Morgan fingerprint density at radius 3 is 2.81 bits per heavy atom. The van der Waals surface area contributed by atoms with Gasteiger partial charge in [0.25, 0.3) is 5.69 Å². The Bertz CT molecular complexity index is 870. The third kappa shape index (κ3) is 4.29. The third-order valence-electron chi connectivity index (χ3n) is 4.48. The smallest absolute Gasteiger partial charge is 0.407 e. The second-order valence-corrected chi connectivity index (χ2v) is 7.83. The summed E-state index contributed by atoms with van der Waals surface area (Å²) in [5, 5.41) is 13.9. The first-order valence-electron chi connectivity index (χ1n) is 8.99. The lowest BCUT2D eigenvalue weighted by Gasteiger charge is -2.34. The third-order valence-corrected chi connectivity index (χ3v) is 4.48. The molecule has 1 aliphatic rings. The van der Waals surface area contributed by atoms with Crippen LogP contribution in [0.1, 0.15) is 33.6 Å². The molecule has 2 heterocycles. The highest BCUT2D eigenvalue weighted by Gasteiger charge is 2.26. The molecule has 0 aliphatic carbocycles. The highest BCUT2D eigenvalue weighted by atomic mass is 16.6. The van der Waals surface area contributed by atoms with E-state index in [1.165, 1.54) is 12.1 Å². The van der Waals surface area contributed by atoms with Crippen molar-refractivity contribution in [1.29, 1.82) is 0 Å². The van der Waals surface area contributed by atoms with Crippen LogP contribution >= 0.6 is 0 Å². The number of rotatable bonds is 3. The van der Waals surface area contributed by atoms with E-state index in [0.717, 1.165) is 30.9 Å². The van der Waals surface area contributed by atoms with Crippen LogP contribution in [0.2, 0.25) is 0 Å². The standard InChI is InChI=1S/C18H25N5O4/c1-18(2,3)27-17(24)19-12-6-5-9-22(11-12)16-20-14-10-13(23(25)26)7-8-15(14)21(16)4/h7-8,10,12H,5-6,9,11H2,1-4H3,(H,19,24)/t12-/m1/s1. The van der Waals surface area contributed by atoms with Crippen LogP contribution in [0.15, 0.2) is 18.2 Å². The van der Waals surface area contributed by atoms with Gasteiger partial charge in [-0.3, -0.25) is 10.1 Å². The Morgan fingerprint density at radius 2 is 2.15 bits per heavy atom. The summed E-state index contributed by atoms with van der Waals surface area (Å²) in [6.45, 7) is 6.92. The molecule has 1 amide bonds. The summed E-state index contributed by atoms with van der Waals surface area (Å²) in [4.78, 5) is 29.3. The Hall–Kier alpha value is -2.84. The number of piperidine rings is 1. The number of nitrogens with one attached hydrogen (secondary N) is 1. The maximum Gasteiger partial charge on any atom is 0.407 e. The molecule has 0 spiro atoms. The summed E-state index contributed by atoms with van der Waals surface area (Å²) in [6, 6.07) is 4.64. The predicted octanol–water partition coefficient (Wildman–Crippen LogP) is 2.98. The van der Waals surface area contributed by atoms with E-state index in [4.69, 9.17) is 4.74 Å². The molecule has 1 fully saturated rings. The quantitative estimate of drug-likeness (QED) is 0.653. The fourth-order valence-corrected chi connectivity index (χ4v) is 3.32. The molecular formula is C18H25N5O4. The Morgan fingerprint density at radius 1 is 1.41 bits per heavy atom. The number of imidazole rings is 1. The zero-order chi connectivity index (χ0) is 19.8. The maximum absolute atomic E-state index is 12.0. The van der Waals surface area contributed by atoms with Crippen LogP contribution in [0.25, 0.3) is 11.0 Å². The number of aryl methyl sites for hydroxylation is 1. The summed E-state index contributed by atoms with van der Waals surface area (Å²) >= 11 is 0. The minimum atomic E-state index is -0.537. The van der Waals surface area contributed by atoms with Gasteiger partial charge in [0, 0.05) is 38.3 Å². The van der Waals surface area contributed by atoms with Crippen LogP contribution in [-0.4, -0.2) is 45.3 Å². The van der Waals surface area contributed by atoms with Gasteiger partial charge in [0.15, 0.2) is 0 Å². The summed E-state index contributed by atoms with van der Waals surface area (Å²) in [7, 11) is 1.89. The maximum atomic E-state index is 12.0. The van der Waals surface area contributed by atoms with E-state index in [1.807, 2.05) is 32.4 Å². The SMILES string of the molecule is Cn1c(N2CCC[C@@H](NC(=O)OC(C)(C)C)C2)nc2cc([N+](=O)[O-])ccc21. The number of amides is 1. The summed E-state index contributed by atoms with van der Waals surface area (Å²) in [5.74, 6) is 0.737. The van der Waals surface area contributed by atoms with Gasteiger partial charge in [-0.2, -0.15) is 0 Å². The molecule has 9 heteroatoms. The second kappa shape index (κ2) is 7.05. The van der Waals surface area contributed by atoms with E-state index >= 15 is 0 Å². The number of ether oxygens (including phenoxy) is 1. The number of nitro groups is 1. The normalized spacial score (nSPS) is 17.8. The molecule has 27 heavy (non-hydrogen) atoms. The zero-order valence-electron chi connectivity index (χ0n) is 16.1. The van der Waals surface area contributed by atoms with Crippen LogP contribution in [0.5, 0.6) is 0 Å². The molecular weight excluding hydrogens is 350 g/mol. The average molecular weight is 375 g/mol. The van der Waals surface area contributed by atoms with Crippen molar-refractivity contribution in [3.63, 3.8) is 0 Å². The van der Waals surface area contributed by atoms with E-state index in [1.54, 1.807) is 6.07 Å². The molecule has 0 radical (unpaired) electrons. The minimum absolute atomic E-state index is 0.0234. The van der Waals surface area contributed by atoms with Gasteiger partial charge in [0.2, 0.25) is 5.95 Å². The van der Waals surface area contributed by atoms with Gasteiger partial charge in [-0.25, -0.2) is 9.78 Å². The fourth-order valence-electron chi connectivity index (χ4n) is 3.32. The lowest BCUT2D eigenvalue weighted by molar-refractivity contribution is -0.384. The van der Waals surface area contributed by atoms with Crippen molar-refractivity contribution in [2.75, 3.05) is 18.0 Å². The number of carbonyl (C=O) groups excluding carboxylic acids is 1. The molecule has 146 valence electrons. The first-order chi connectivity index (χ1) is 12.6. The van der Waals surface area contributed by atoms with Gasteiger partial charge in [0.05, 0.1) is 16.0 Å². The predicted molar refractivity (Wildman–Crippen MR) is 102 cm³/mol. The van der Waals surface area contributed by atoms with Crippen LogP contribution in [0.4, 0.5) is 16.4 Å². The highest BCUT2D eigenvalue weighted by Crippen LogP contribution is 2.26. The molecule has 1 atom stereocenters. The molecule has 1 N–H and O–H groups in total. The summed E-state index contributed by atoms with van der Waals surface area (Å²) < 4.78 is 7.26. The number of nitrogens with zero attached hydrogens (tertiary/aromatic N) is 4. The van der Waals surface area contributed by atoms with Crippen molar-refractivity contribution in [2.24, 2.45) is 7.05 Å². The highest BCUT2D eigenvalue weighted by molar-refractivity contribution is 5.81. The van der Waals surface area contributed by atoms with E-state index < -0.39 is 16.6 Å². The molecule has 9 nitrogen and oxygen atoms in total.